The van der Waals surface area contributed by atoms with Crippen molar-refractivity contribution in [1.82, 2.24) is 0 Å². The summed E-state index contributed by atoms with van der Waals surface area (Å²) in [6, 6.07) is 1.02. The Bertz CT molecular complexity index is 264. The molecular formula is C11H19F3OSi. The molecule has 1 aliphatic rings. The summed E-state index contributed by atoms with van der Waals surface area (Å²) in [6.07, 6.45) is -2.91. The molecule has 0 saturated carbocycles. The van der Waals surface area contributed by atoms with Gasteiger partial charge in [0, 0.05) is 6.42 Å². The molecule has 0 radical (unpaired) electrons. The van der Waals surface area contributed by atoms with Gasteiger partial charge in [-0.2, -0.15) is 13.2 Å². The highest BCUT2D eigenvalue weighted by Crippen LogP contribution is 2.35. The van der Waals surface area contributed by atoms with Crippen LogP contribution in [0, 0.1) is 0 Å². The first-order valence-electron chi connectivity index (χ1n) is 5.62. The molecule has 16 heavy (non-hydrogen) atoms. The average Bonchev–Trinajstić information content (AvgIpc) is 2.14. The van der Waals surface area contributed by atoms with Crippen molar-refractivity contribution in [1.29, 1.82) is 0 Å². The van der Waals surface area contributed by atoms with Gasteiger partial charge in [0.1, 0.15) is 0 Å². The smallest absolute Gasteiger partial charge is 0.388 e. The molecule has 1 aliphatic heterocycles. The van der Waals surface area contributed by atoms with E-state index in [9.17, 15) is 13.2 Å². The summed E-state index contributed by atoms with van der Waals surface area (Å²) in [6.45, 7) is 7.62. The van der Waals surface area contributed by atoms with Crippen molar-refractivity contribution in [3.8, 4) is 0 Å². The van der Waals surface area contributed by atoms with E-state index in [4.69, 9.17) is 4.43 Å². The maximum absolute atomic E-state index is 12.2. The molecule has 1 rings (SSSR count). The zero-order valence-electron chi connectivity index (χ0n) is 9.86. The van der Waals surface area contributed by atoms with Crippen molar-refractivity contribution < 1.29 is 17.6 Å². The van der Waals surface area contributed by atoms with Crippen molar-refractivity contribution in [3.05, 3.63) is 12.2 Å². The largest absolute Gasteiger partial charge is 0.411 e. The van der Waals surface area contributed by atoms with Gasteiger partial charge in [0.15, 0.2) is 8.32 Å². The van der Waals surface area contributed by atoms with E-state index in [0.29, 0.717) is 0 Å². The first-order valence-corrected chi connectivity index (χ1v) is 8.44. The molecule has 0 aromatic rings. The zero-order valence-corrected chi connectivity index (χ0v) is 10.9. The van der Waals surface area contributed by atoms with Crippen LogP contribution in [0.1, 0.15) is 26.2 Å². The lowest BCUT2D eigenvalue weighted by Gasteiger charge is -2.37. The highest BCUT2D eigenvalue weighted by atomic mass is 28.4. The van der Waals surface area contributed by atoms with E-state index < -0.39 is 20.9 Å². The van der Waals surface area contributed by atoms with Crippen LogP contribution in [-0.2, 0) is 4.43 Å². The molecule has 0 aromatic carbocycles. The van der Waals surface area contributed by atoms with Crippen molar-refractivity contribution in [3.63, 3.8) is 0 Å². The Morgan fingerprint density at radius 1 is 1.50 bits per heavy atom. The minimum absolute atomic E-state index is 0.0151. The molecule has 1 saturated heterocycles. The minimum Gasteiger partial charge on any atom is -0.411 e. The van der Waals surface area contributed by atoms with Crippen molar-refractivity contribution in [2.75, 3.05) is 0 Å². The van der Waals surface area contributed by atoms with Crippen LogP contribution in [-0.4, -0.2) is 20.6 Å². The minimum atomic E-state index is -4.06. The fraction of sp³-hybridized carbons (Fsp3) is 0.818. The first kappa shape index (κ1) is 13.8. The van der Waals surface area contributed by atoms with Crippen LogP contribution in [0.25, 0.3) is 0 Å². The lowest BCUT2D eigenvalue weighted by atomic mass is 10.1. The second-order valence-electron chi connectivity index (χ2n) is 4.91. The molecule has 2 atom stereocenters. The Labute approximate surface area is 95.8 Å². The molecule has 1 heterocycles. The van der Waals surface area contributed by atoms with Gasteiger partial charge >= 0.3 is 6.18 Å². The Kier molecular flexibility index (Phi) is 4.23. The zero-order chi connectivity index (χ0) is 12.4. The van der Waals surface area contributed by atoms with Gasteiger partial charge in [0.05, 0.1) is 6.10 Å². The summed E-state index contributed by atoms with van der Waals surface area (Å²) in [5.74, 6) is 0. The van der Waals surface area contributed by atoms with E-state index >= 15 is 0 Å². The number of halogens is 3. The van der Waals surface area contributed by atoms with E-state index in [1.807, 2.05) is 13.5 Å². The quantitative estimate of drug-likeness (QED) is 0.538. The number of hydrogen-bond acceptors (Lipinski definition) is 1. The van der Waals surface area contributed by atoms with Gasteiger partial charge in [0.2, 0.25) is 0 Å². The average molecular weight is 252 g/mol. The summed E-state index contributed by atoms with van der Waals surface area (Å²) < 4.78 is 42.4. The molecule has 0 aromatic heterocycles. The Morgan fingerprint density at radius 2 is 2.12 bits per heavy atom. The molecule has 94 valence electrons. The van der Waals surface area contributed by atoms with Crippen molar-refractivity contribution in [2.24, 2.45) is 0 Å². The third-order valence-corrected chi connectivity index (χ3v) is 6.66. The van der Waals surface area contributed by atoms with Crippen LogP contribution < -0.4 is 0 Å². The summed E-state index contributed by atoms with van der Waals surface area (Å²) >= 11 is 0. The second-order valence-corrected chi connectivity index (χ2v) is 9.05. The maximum Gasteiger partial charge on any atom is 0.388 e. The first-order chi connectivity index (χ1) is 7.22. The van der Waals surface area contributed by atoms with Gasteiger partial charge in [0.25, 0.3) is 0 Å². The molecule has 0 aliphatic carbocycles. The molecule has 0 bridgehead atoms. The van der Waals surface area contributed by atoms with Crippen molar-refractivity contribution >= 4 is 8.32 Å². The van der Waals surface area contributed by atoms with Crippen LogP contribution in [0.2, 0.25) is 18.6 Å². The Balaban J connectivity index is 2.53. The van der Waals surface area contributed by atoms with Gasteiger partial charge in [-0.15, -0.1) is 0 Å². The molecule has 1 fully saturated rings. The van der Waals surface area contributed by atoms with Gasteiger partial charge in [-0.1, -0.05) is 18.6 Å². The predicted molar refractivity (Wildman–Crippen MR) is 60.8 cm³/mol. The van der Waals surface area contributed by atoms with Gasteiger partial charge < -0.3 is 4.43 Å². The molecule has 2 unspecified atom stereocenters. The van der Waals surface area contributed by atoms with Gasteiger partial charge in [-0.05, 0) is 32.0 Å². The molecular weight excluding hydrogens is 233 g/mol. The Hall–Kier alpha value is -0.293. The second kappa shape index (κ2) is 4.92. The van der Waals surface area contributed by atoms with Crippen LogP contribution in [0.15, 0.2) is 12.2 Å². The Morgan fingerprint density at radius 3 is 2.62 bits per heavy atom. The summed E-state index contributed by atoms with van der Waals surface area (Å²) in [5, 5.41) is 0. The van der Waals surface area contributed by atoms with E-state index in [1.165, 1.54) is 0 Å². The third-order valence-electron chi connectivity index (χ3n) is 3.09. The van der Waals surface area contributed by atoms with E-state index in [0.717, 1.165) is 24.5 Å². The monoisotopic (exact) mass is 252 g/mol. The predicted octanol–water partition coefficient (Wildman–Crippen LogP) is 4.27. The lowest BCUT2D eigenvalue weighted by Crippen LogP contribution is -2.43. The van der Waals surface area contributed by atoms with Gasteiger partial charge in [-0.3, -0.25) is 0 Å². The van der Waals surface area contributed by atoms with Crippen LogP contribution in [0.3, 0.4) is 0 Å². The van der Waals surface area contributed by atoms with E-state index in [1.54, 1.807) is 0 Å². The standard InChI is InChI=1S/C11H19F3OSi/c1-9(2)10-5-4-7-16(3,15-10)8-6-11(12,13)14/h10H,1,4-8H2,2-3H3. The molecule has 0 N–H and O–H groups in total. The van der Waals surface area contributed by atoms with Crippen molar-refractivity contribution in [2.45, 2.75) is 57.1 Å². The molecule has 1 nitrogen and oxygen atoms in total. The summed E-state index contributed by atoms with van der Waals surface area (Å²) in [7, 11) is -2.15. The summed E-state index contributed by atoms with van der Waals surface area (Å²) in [4.78, 5) is 0. The number of hydrogen-bond donors (Lipinski definition) is 0. The number of alkyl halides is 3. The topological polar surface area (TPSA) is 9.23 Å². The highest BCUT2D eigenvalue weighted by Gasteiger charge is 2.39. The highest BCUT2D eigenvalue weighted by molar-refractivity contribution is 6.72. The number of rotatable bonds is 3. The van der Waals surface area contributed by atoms with Crippen LogP contribution in [0.4, 0.5) is 13.2 Å². The SMILES string of the molecule is C=C(C)C1CCC[Si](C)(CCC(F)(F)F)O1. The van der Waals surface area contributed by atoms with E-state index in [-0.39, 0.29) is 12.1 Å². The van der Waals surface area contributed by atoms with Gasteiger partial charge in [-0.25, -0.2) is 0 Å². The fourth-order valence-corrected chi connectivity index (χ4v) is 5.32. The molecule has 5 heteroatoms. The maximum atomic E-state index is 12.2. The normalized spacial score (nSPS) is 31.4. The van der Waals surface area contributed by atoms with Crippen LogP contribution in [0.5, 0.6) is 0 Å². The summed E-state index contributed by atoms with van der Waals surface area (Å²) in [5.41, 5.74) is 0.936. The molecule has 0 amide bonds. The van der Waals surface area contributed by atoms with E-state index in [2.05, 4.69) is 6.58 Å². The lowest BCUT2D eigenvalue weighted by molar-refractivity contribution is -0.131. The van der Waals surface area contributed by atoms with Crippen LogP contribution >= 0.6 is 0 Å². The third kappa shape index (κ3) is 4.29. The molecule has 0 spiro atoms. The fourth-order valence-electron chi connectivity index (χ4n) is 2.06.